The zero-order valence-electron chi connectivity index (χ0n) is 20.4. The Hall–Kier alpha value is -3.09. The van der Waals surface area contributed by atoms with Crippen LogP contribution >= 0.6 is 0 Å². The number of benzene rings is 4. The molecule has 0 saturated heterocycles. The van der Waals surface area contributed by atoms with Gasteiger partial charge in [-0.1, -0.05) is 109 Å². The molecule has 1 unspecified atom stereocenters. The minimum Gasteiger partial charge on any atom is -0.392 e. The Morgan fingerprint density at radius 1 is 0.694 bits per heavy atom. The molecule has 0 bridgehead atoms. The molecule has 0 heterocycles. The standard InChI is InChI=1S/C31H32O4S/c1-24-17-19-30(20-18-24)36(34)23-29(33)21-28(32)22-35-31(25-11-5-2-6-12-25,26-13-7-3-8-14-26)27-15-9-4-10-16-27/h2-20,28-29,32-33H,21-23H2,1H3/t28-,29+,36?/m0/s1. The highest BCUT2D eigenvalue weighted by Gasteiger charge is 2.38. The largest absolute Gasteiger partial charge is 0.392 e. The average molecular weight is 501 g/mol. The van der Waals surface area contributed by atoms with E-state index in [0.29, 0.717) is 4.90 Å². The van der Waals surface area contributed by atoms with Gasteiger partial charge in [0.15, 0.2) is 0 Å². The highest BCUT2D eigenvalue weighted by molar-refractivity contribution is 7.85. The fourth-order valence-corrected chi connectivity index (χ4v) is 5.52. The second-order valence-corrected chi connectivity index (χ2v) is 10.5. The molecule has 4 aromatic rings. The average Bonchev–Trinajstić information content (AvgIpc) is 2.91. The van der Waals surface area contributed by atoms with Gasteiger partial charge in [-0.15, -0.1) is 0 Å². The summed E-state index contributed by atoms with van der Waals surface area (Å²) in [6.45, 7) is 1.96. The zero-order valence-corrected chi connectivity index (χ0v) is 21.2. The molecule has 4 rings (SSSR count). The van der Waals surface area contributed by atoms with Gasteiger partial charge >= 0.3 is 0 Å². The molecule has 4 aromatic carbocycles. The Morgan fingerprint density at radius 3 is 1.58 bits per heavy atom. The molecule has 0 fully saturated rings. The van der Waals surface area contributed by atoms with Crippen molar-refractivity contribution < 1.29 is 19.2 Å². The molecule has 0 amide bonds. The Bertz CT molecular complexity index is 1130. The second-order valence-electron chi connectivity index (χ2n) is 8.96. The predicted octanol–water partition coefficient (Wildman–Crippen LogP) is 5.22. The number of aliphatic hydroxyl groups excluding tert-OH is 2. The van der Waals surface area contributed by atoms with Crippen LogP contribution < -0.4 is 0 Å². The van der Waals surface area contributed by atoms with Gasteiger partial charge in [0.25, 0.3) is 0 Å². The van der Waals surface area contributed by atoms with Crippen molar-refractivity contribution in [1.29, 1.82) is 0 Å². The van der Waals surface area contributed by atoms with E-state index in [9.17, 15) is 14.4 Å². The molecular formula is C31H32O4S. The van der Waals surface area contributed by atoms with Crippen molar-refractivity contribution in [3.63, 3.8) is 0 Å². The number of aryl methyl sites for hydroxylation is 1. The van der Waals surface area contributed by atoms with Gasteiger partial charge in [0.2, 0.25) is 0 Å². The van der Waals surface area contributed by atoms with Crippen LogP contribution in [0, 0.1) is 6.92 Å². The summed E-state index contributed by atoms with van der Waals surface area (Å²) >= 11 is 0. The Balaban J connectivity index is 1.54. The molecule has 0 spiro atoms. The first-order valence-corrected chi connectivity index (χ1v) is 13.4. The van der Waals surface area contributed by atoms with Gasteiger partial charge in [-0.3, -0.25) is 4.21 Å². The van der Waals surface area contributed by atoms with Gasteiger partial charge in [0.05, 0.1) is 35.4 Å². The third kappa shape index (κ3) is 6.18. The molecule has 3 atom stereocenters. The molecule has 0 saturated carbocycles. The lowest BCUT2D eigenvalue weighted by atomic mass is 9.80. The molecular weight excluding hydrogens is 468 g/mol. The maximum atomic E-state index is 12.7. The van der Waals surface area contributed by atoms with E-state index >= 15 is 0 Å². The van der Waals surface area contributed by atoms with Crippen molar-refractivity contribution in [3.8, 4) is 0 Å². The number of aliphatic hydroxyl groups is 2. The van der Waals surface area contributed by atoms with E-state index in [1.165, 1.54) is 0 Å². The summed E-state index contributed by atoms with van der Waals surface area (Å²) in [6, 6.07) is 37.3. The van der Waals surface area contributed by atoms with Crippen LogP contribution in [0.25, 0.3) is 0 Å². The van der Waals surface area contributed by atoms with Crippen LogP contribution in [0.1, 0.15) is 28.7 Å². The first kappa shape index (κ1) is 26.0. The summed E-state index contributed by atoms with van der Waals surface area (Å²) in [5, 5.41) is 21.4. The van der Waals surface area contributed by atoms with Gasteiger partial charge in [0, 0.05) is 11.3 Å². The van der Waals surface area contributed by atoms with Gasteiger partial charge in [-0.05, 0) is 35.7 Å². The van der Waals surface area contributed by atoms with Crippen LogP contribution in [-0.2, 0) is 21.1 Å². The second kappa shape index (κ2) is 12.2. The third-order valence-corrected chi connectivity index (χ3v) is 7.69. The molecule has 0 aliphatic rings. The normalized spacial score (nSPS) is 14.2. The third-order valence-electron chi connectivity index (χ3n) is 6.20. The number of hydrogen-bond acceptors (Lipinski definition) is 4. The predicted molar refractivity (Wildman–Crippen MR) is 144 cm³/mol. The molecule has 0 aliphatic heterocycles. The summed E-state index contributed by atoms with van der Waals surface area (Å²) < 4.78 is 19.3. The van der Waals surface area contributed by atoms with E-state index in [4.69, 9.17) is 4.74 Å². The molecule has 5 heteroatoms. The van der Waals surface area contributed by atoms with E-state index in [2.05, 4.69) is 0 Å². The van der Waals surface area contributed by atoms with Crippen LogP contribution in [0.4, 0.5) is 0 Å². The van der Waals surface area contributed by atoms with E-state index in [-0.39, 0.29) is 18.8 Å². The zero-order chi connectivity index (χ0) is 25.4. The van der Waals surface area contributed by atoms with Crippen molar-refractivity contribution in [2.24, 2.45) is 0 Å². The summed E-state index contributed by atoms with van der Waals surface area (Å²) in [6.07, 6.45) is -1.80. The fraction of sp³-hybridized carbons (Fsp3) is 0.226. The van der Waals surface area contributed by atoms with Gasteiger partial charge in [-0.25, -0.2) is 0 Å². The van der Waals surface area contributed by atoms with Crippen molar-refractivity contribution in [1.82, 2.24) is 0 Å². The first-order chi connectivity index (χ1) is 17.5. The topological polar surface area (TPSA) is 66.8 Å². The maximum absolute atomic E-state index is 12.7. The van der Waals surface area contributed by atoms with Gasteiger partial charge in [-0.2, -0.15) is 0 Å². The highest BCUT2D eigenvalue weighted by Crippen LogP contribution is 2.40. The first-order valence-electron chi connectivity index (χ1n) is 12.1. The van der Waals surface area contributed by atoms with Crippen molar-refractivity contribution in [3.05, 3.63) is 138 Å². The number of hydrogen-bond donors (Lipinski definition) is 2. The minimum atomic E-state index is -1.35. The fourth-order valence-electron chi connectivity index (χ4n) is 4.40. The Kier molecular flexibility index (Phi) is 8.83. The summed E-state index contributed by atoms with van der Waals surface area (Å²) in [5.41, 5.74) is 2.96. The van der Waals surface area contributed by atoms with Crippen molar-refractivity contribution in [2.45, 2.75) is 36.0 Å². The molecule has 0 aromatic heterocycles. The summed E-state index contributed by atoms with van der Waals surface area (Å²) in [7, 11) is -1.35. The lowest BCUT2D eigenvalue weighted by Crippen LogP contribution is -2.36. The lowest BCUT2D eigenvalue weighted by Gasteiger charge is -2.36. The lowest BCUT2D eigenvalue weighted by molar-refractivity contribution is -0.0489. The smallest absolute Gasteiger partial charge is 0.143 e. The number of rotatable bonds is 11. The SMILES string of the molecule is Cc1ccc(S(=O)C[C@H](O)C[C@H](O)COC(c2ccccc2)(c2ccccc2)c2ccccc2)cc1. The molecule has 2 N–H and O–H groups in total. The van der Waals surface area contributed by atoms with Crippen LogP contribution in [0.3, 0.4) is 0 Å². The van der Waals surface area contributed by atoms with Crippen molar-refractivity contribution >= 4 is 10.8 Å². The maximum Gasteiger partial charge on any atom is 0.143 e. The summed E-state index contributed by atoms with van der Waals surface area (Å²) in [5.74, 6) is 0.0569. The van der Waals surface area contributed by atoms with Crippen LogP contribution in [0.15, 0.2) is 120 Å². The minimum absolute atomic E-state index is 0.00703. The van der Waals surface area contributed by atoms with E-state index < -0.39 is 28.6 Å². The van der Waals surface area contributed by atoms with Crippen LogP contribution in [0.2, 0.25) is 0 Å². The molecule has 36 heavy (non-hydrogen) atoms. The van der Waals surface area contributed by atoms with Gasteiger partial charge < -0.3 is 14.9 Å². The van der Waals surface area contributed by atoms with E-state index in [1.54, 1.807) is 0 Å². The Morgan fingerprint density at radius 2 is 1.14 bits per heavy atom. The molecule has 0 aliphatic carbocycles. The van der Waals surface area contributed by atoms with Gasteiger partial charge in [0.1, 0.15) is 5.60 Å². The quantitative estimate of drug-likeness (QED) is 0.277. The summed E-state index contributed by atoms with van der Waals surface area (Å²) in [4.78, 5) is 0.668. The monoisotopic (exact) mass is 500 g/mol. The highest BCUT2D eigenvalue weighted by atomic mass is 32.2. The molecule has 0 radical (unpaired) electrons. The van der Waals surface area contributed by atoms with Crippen molar-refractivity contribution in [2.75, 3.05) is 12.4 Å². The number of ether oxygens (including phenoxy) is 1. The molecule has 4 nitrogen and oxygen atoms in total. The Labute approximate surface area is 215 Å². The van der Waals surface area contributed by atoms with E-state index in [0.717, 1.165) is 22.3 Å². The van der Waals surface area contributed by atoms with Crippen LogP contribution in [0.5, 0.6) is 0 Å². The van der Waals surface area contributed by atoms with E-state index in [1.807, 2.05) is 122 Å². The molecule has 186 valence electrons. The van der Waals surface area contributed by atoms with Crippen LogP contribution in [-0.4, -0.2) is 39.0 Å².